The van der Waals surface area contributed by atoms with Crippen LogP contribution in [0.25, 0.3) is 0 Å². The molecule has 1 N–H and O–H groups in total. The molecule has 0 heterocycles. The smallest absolute Gasteiger partial charge is 0.343 e. The lowest BCUT2D eigenvalue weighted by Gasteiger charge is -2.12. The number of aryl methyl sites for hydroxylation is 1. The van der Waals surface area contributed by atoms with E-state index in [0.717, 1.165) is 16.9 Å². The number of benzene rings is 2. The van der Waals surface area contributed by atoms with Crippen molar-refractivity contribution >= 4 is 12.2 Å². The summed E-state index contributed by atoms with van der Waals surface area (Å²) in [5.74, 6) is 1.02. The van der Waals surface area contributed by atoms with E-state index in [1.54, 1.807) is 31.4 Å². The summed E-state index contributed by atoms with van der Waals surface area (Å²) in [6.45, 7) is 6.03. The van der Waals surface area contributed by atoms with E-state index in [4.69, 9.17) is 14.9 Å². The van der Waals surface area contributed by atoms with E-state index >= 15 is 0 Å². The third-order valence-corrected chi connectivity index (χ3v) is 3.69. The van der Waals surface area contributed by atoms with Gasteiger partial charge in [-0.2, -0.15) is 0 Å². The Bertz CT molecular complexity index is 735. The molecular formula is C19H21NO3. The molecule has 0 amide bonds. The number of carbonyl (C=O) groups is 1. The first-order valence-corrected chi connectivity index (χ1v) is 7.47. The molecule has 0 fully saturated rings. The molecule has 2 aromatic rings. The highest BCUT2D eigenvalue weighted by molar-refractivity contribution is 5.93. The number of carbonyl (C=O) groups excluding carboxylic acids is 1. The van der Waals surface area contributed by atoms with Gasteiger partial charge in [0.2, 0.25) is 0 Å². The summed E-state index contributed by atoms with van der Waals surface area (Å²) in [7, 11) is 1.59. The van der Waals surface area contributed by atoms with Gasteiger partial charge in [-0.1, -0.05) is 19.9 Å². The van der Waals surface area contributed by atoms with Crippen LogP contribution in [0, 0.1) is 12.3 Å². The average Bonchev–Trinajstić information content (AvgIpc) is 2.54. The quantitative estimate of drug-likeness (QED) is 0.507. The molecule has 0 saturated heterocycles. The number of ether oxygens (including phenoxy) is 2. The van der Waals surface area contributed by atoms with Crippen LogP contribution in [-0.4, -0.2) is 19.3 Å². The molecule has 0 atom stereocenters. The van der Waals surface area contributed by atoms with Crippen molar-refractivity contribution < 1.29 is 14.3 Å². The van der Waals surface area contributed by atoms with Crippen molar-refractivity contribution in [2.75, 3.05) is 7.11 Å². The number of hydrogen-bond acceptors (Lipinski definition) is 4. The van der Waals surface area contributed by atoms with Crippen LogP contribution in [0.5, 0.6) is 11.5 Å². The van der Waals surface area contributed by atoms with Gasteiger partial charge in [-0.25, -0.2) is 4.79 Å². The van der Waals surface area contributed by atoms with Crippen molar-refractivity contribution in [3.8, 4) is 11.5 Å². The SMILES string of the molecule is COc1ccc(C(=O)Oc2ccc(C(C)C)cc2C=N)cc1C. The summed E-state index contributed by atoms with van der Waals surface area (Å²) in [5, 5.41) is 7.53. The van der Waals surface area contributed by atoms with Gasteiger partial charge in [-0.15, -0.1) is 0 Å². The Hall–Kier alpha value is -2.62. The third-order valence-electron chi connectivity index (χ3n) is 3.69. The molecule has 0 aliphatic heterocycles. The first-order valence-electron chi connectivity index (χ1n) is 7.47. The number of rotatable bonds is 5. The van der Waals surface area contributed by atoms with Gasteiger partial charge in [0.1, 0.15) is 11.5 Å². The maximum absolute atomic E-state index is 12.3. The third kappa shape index (κ3) is 3.77. The maximum atomic E-state index is 12.3. The number of esters is 1. The second-order valence-corrected chi connectivity index (χ2v) is 5.67. The summed E-state index contributed by atoms with van der Waals surface area (Å²) < 4.78 is 10.6. The lowest BCUT2D eigenvalue weighted by molar-refractivity contribution is 0.0734. The van der Waals surface area contributed by atoms with Crippen LogP contribution in [-0.2, 0) is 0 Å². The fraction of sp³-hybridized carbons (Fsp3) is 0.263. The molecule has 0 aromatic heterocycles. The molecule has 4 heteroatoms. The first kappa shape index (κ1) is 16.7. The van der Waals surface area contributed by atoms with E-state index in [2.05, 4.69) is 13.8 Å². The van der Waals surface area contributed by atoms with Gasteiger partial charge in [0, 0.05) is 11.8 Å². The van der Waals surface area contributed by atoms with E-state index in [0.29, 0.717) is 22.8 Å². The molecule has 2 rings (SSSR count). The van der Waals surface area contributed by atoms with Crippen LogP contribution in [0.15, 0.2) is 36.4 Å². The van der Waals surface area contributed by atoms with Gasteiger partial charge in [0.15, 0.2) is 0 Å². The molecule has 0 aliphatic rings. The molecule has 23 heavy (non-hydrogen) atoms. The Kier molecular flexibility index (Phi) is 5.16. The highest BCUT2D eigenvalue weighted by Gasteiger charge is 2.13. The molecule has 0 bridgehead atoms. The van der Waals surface area contributed by atoms with Crippen molar-refractivity contribution in [3.05, 3.63) is 58.7 Å². The van der Waals surface area contributed by atoms with Crippen molar-refractivity contribution in [2.24, 2.45) is 0 Å². The van der Waals surface area contributed by atoms with Gasteiger partial charge >= 0.3 is 5.97 Å². The molecule has 0 unspecified atom stereocenters. The fourth-order valence-electron chi connectivity index (χ4n) is 2.30. The Morgan fingerprint density at radius 1 is 1.13 bits per heavy atom. The zero-order valence-electron chi connectivity index (χ0n) is 13.8. The van der Waals surface area contributed by atoms with Crippen LogP contribution in [0.3, 0.4) is 0 Å². The van der Waals surface area contributed by atoms with Crippen molar-refractivity contribution in [2.45, 2.75) is 26.7 Å². The van der Waals surface area contributed by atoms with Crippen molar-refractivity contribution in [1.82, 2.24) is 0 Å². The fourth-order valence-corrected chi connectivity index (χ4v) is 2.30. The monoisotopic (exact) mass is 311 g/mol. The van der Waals surface area contributed by atoms with Gasteiger partial charge in [-0.05, 0) is 54.3 Å². The maximum Gasteiger partial charge on any atom is 0.343 e. The summed E-state index contributed by atoms with van der Waals surface area (Å²) in [6, 6.07) is 10.7. The Morgan fingerprint density at radius 2 is 1.83 bits per heavy atom. The second-order valence-electron chi connectivity index (χ2n) is 5.67. The Morgan fingerprint density at radius 3 is 2.39 bits per heavy atom. The molecule has 2 aromatic carbocycles. The summed E-state index contributed by atoms with van der Waals surface area (Å²) in [4.78, 5) is 12.3. The summed E-state index contributed by atoms with van der Waals surface area (Å²) in [6.07, 6.45) is 1.20. The molecule has 0 aliphatic carbocycles. The molecule has 0 saturated carbocycles. The minimum Gasteiger partial charge on any atom is -0.496 e. The minimum atomic E-state index is -0.448. The zero-order valence-corrected chi connectivity index (χ0v) is 13.8. The summed E-state index contributed by atoms with van der Waals surface area (Å²) in [5.41, 5.74) is 3.01. The summed E-state index contributed by atoms with van der Waals surface area (Å²) >= 11 is 0. The van der Waals surface area contributed by atoms with E-state index in [1.165, 1.54) is 6.21 Å². The minimum absolute atomic E-state index is 0.350. The predicted octanol–water partition coefficient (Wildman–Crippen LogP) is 4.34. The van der Waals surface area contributed by atoms with Crippen molar-refractivity contribution in [1.29, 1.82) is 5.41 Å². The Balaban J connectivity index is 2.26. The molecule has 120 valence electrons. The number of methoxy groups -OCH3 is 1. The second kappa shape index (κ2) is 7.09. The standard InChI is InChI=1S/C19H21NO3/c1-12(2)14-5-8-18(16(10-14)11-20)23-19(21)15-6-7-17(22-4)13(3)9-15/h5-12,20H,1-4H3. The van der Waals surface area contributed by atoms with E-state index in [-0.39, 0.29) is 0 Å². The Labute approximate surface area is 136 Å². The number of nitrogens with one attached hydrogen (secondary N) is 1. The van der Waals surface area contributed by atoms with E-state index in [9.17, 15) is 4.79 Å². The van der Waals surface area contributed by atoms with Crippen LogP contribution in [0.2, 0.25) is 0 Å². The van der Waals surface area contributed by atoms with Crippen molar-refractivity contribution in [3.63, 3.8) is 0 Å². The largest absolute Gasteiger partial charge is 0.496 e. The lowest BCUT2D eigenvalue weighted by Crippen LogP contribution is -2.10. The van der Waals surface area contributed by atoms with Gasteiger partial charge in [0.25, 0.3) is 0 Å². The van der Waals surface area contributed by atoms with Crippen LogP contribution in [0.1, 0.15) is 46.8 Å². The average molecular weight is 311 g/mol. The topological polar surface area (TPSA) is 59.4 Å². The molecule has 0 spiro atoms. The molecule has 0 radical (unpaired) electrons. The zero-order chi connectivity index (χ0) is 17.0. The molecular weight excluding hydrogens is 290 g/mol. The highest BCUT2D eigenvalue weighted by Crippen LogP contribution is 2.25. The van der Waals surface area contributed by atoms with Gasteiger partial charge in [0.05, 0.1) is 12.7 Å². The van der Waals surface area contributed by atoms with Crippen LogP contribution in [0.4, 0.5) is 0 Å². The van der Waals surface area contributed by atoms with E-state index < -0.39 is 5.97 Å². The van der Waals surface area contributed by atoms with Crippen LogP contribution >= 0.6 is 0 Å². The highest BCUT2D eigenvalue weighted by atomic mass is 16.5. The molecule has 4 nitrogen and oxygen atoms in total. The van der Waals surface area contributed by atoms with Gasteiger partial charge < -0.3 is 14.9 Å². The van der Waals surface area contributed by atoms with E-state index in [1.807, 2.05) is 19.1 Å². The normalized spacial score (nSPS) is 10.5. The lowest BCUT2D eigenvalue weighted by atomic mass is 10.0. The number of hydrogen-bond donors (Lipinski definition) is 1. The first-order chi connectivity index (χ1) is 11.0. The predicted molar refractivity (Wildman–Crippen MR) is 91.1 cm³/mol. The van der Waals surface area contributed by atoms with Crippen LogP contribution < -0.4 is 9.47 Å². The van der Waals surface area contributed by atoms with Gasteiger partial charge in [-0.3, -0.25) is 0 Å².